The van der Waals surface area contributed by atoms with Crippen LogP contribution in [-0.4, -0.2) is 53.3 Å². The molecule has 2 aliphatic rings. The van der Waals surface area contributed by atoms with Gasteiger partial charge in [0.25, 0.3) is 5.91 Å². The van der Waals surface area contributed by atoms with Gasteiger partial charge < -0.3 is 15.5 Å². The van der Waals surface area contributed by atoms with Crippen LogP contribution in [-0.2, 0) is 4.79 Å². The number of amides is 2. The second kappa shape index (κ2) is 6.20. The van der Waals surface area contributed by atoms with E-state index in [1.54, 1.807) is 4.90 Å². The van der Waals surface area contributed by atoms with Crippen LogP contribution in [0.5, 0.6) is 0 Å². The molecule has 0 aliphatic carbocycles. The molecule has 5 heteroatoms. The molecule has 2 unspecified atom stereocenters. The van der Waals surface area contributed by atoms with Crippen molar-refractivity contribution < 1.29 is 9.59 Å². The van der Waals surface area contributed by atoms with Gasteiger partial charge in [0.1, 0.15) is 5.54 Å². The summed E-state index contributed by atoms with van der Waals surface area (Å²) in [6, 6.07) is 9.23. The Balaban J connectivity index is 1.80. The molecule has 0 radical (unpaired) electrons. The molecular weight excluding hydrogens is 302 g/mol. The summed E-state index contributed by atoms with van der Waals surface area (Å²) in [5.41, 5.74) is 5.77. The Morgan fingerprint density at radius 2 is 1.83 bits per heavy atom. The number of carbonyl (C=O) groups is 2. The van der Waals surface area contributed by atoms with Crippen molar-refractivity contribution in [2.45, 2.75) is 38.6 Å². The predicted molar refractivity (Wildman–Crippen MR) is 93.5 cm³/mol. The zero-order chi connectivity index (χ0) is 17.4. The van der Waals surface area contributed by atoms with Gasteiger partial charge in [-0.05, 0) is 50.3 Å². The molecule has 2 fully saturated rings. The van der Waals surface area contributed by atoms with Gasteiger partial charge in [-0.25, -0.2) is 0 Å². The number of benzene rings is 1. The van der Waals surface area contributed by atoms with Crippen molar-refractivity contribution in [1.29, 1.82) is 0 Å². The molecule has 2 saturated heterocycles. The molecule has 3 rings (SSSR count). The van der Waals surface area contributed by atoms with Gasteiger partial charge in [0.15, 0.2) is 0 Å². The predicted octanol–water partition coefficient (Wildman–Crippen LogP) is 1.88. The van der Waals surface area contributed by atoms with E-state index in [1.165, 1.54) is 0 Å². The van der Waals surface area contributed by atoms with Crippen molar-refractivity contribution in [3.8, 4) is 0 Å². The average Bonchev–Trinajstić information content (AvgIpc) is 3.19. The maximum atomic E-state index is 13.2. The fourth-order valence-corrected chi connectivity index (χ4v) is 3.95. The minimum absolute atomic E-state index is 0.00110. The van der Waals surface area contributed by atoms with Crippen molar-refractivity contribution >= 4 is 11.8 Å². The lowest BCUT2D eigenvalue weighted by Crippen LogP contribution is -2.56. The van der Waals surface area contributed by atoms with E-state index in [9.17, 15) is 9.59 Å². The number of rotatable bonds is 3. The van der Waals surface area contributed by atoms with Crippen LogP contribution in [0.25, 0.3) is 0 Å². The van der Waals surface area contributed by atoms with Gasteiger partial charge in [-0.1, -0.05) is 25.1 Å². The van der Waals surface area contributed by atoms with Crippen LogP contribution in [0, 0.1) is 5.41 Å². The second-order valence-corrected chi connectivity index (χ2v) is 7.69. The van der Waals surface area contributed by atoms with Gasteiger partial charge in [0.05, 0.1) is 0 Å². The zero-order valence-corrected chi connectivity index (χ0v) is 14.6. The normalized spacial score (nSPS) is 30.0. The first-order valence-corrected chi connectivity index (χ1v) is 8.76. The summed E-state index contributed by atoms with van der Waals surface area (Å²) in [6.07, 6.45) is 2.51. The van der Waals surface area contributed by atoms with Crippen LogP contribution in [0.4, 0.5) is 0 Å². The van der Waals surface area contributed by atoms with Crippen molar-refractivity contribution in [2.24, 2.45) is 11.1 Å². The van der Waals surface area contributed by atoms with Crippen molar-refractivity contribution in [2.75, 3.05) is 26.2 Å². The summed E-state index contributed by atoms with van der Waals surface area (Å²) in [5.74, 6) is 0.0196. The van der Waals surface area contributed by atoms with Crippen LogP contribution in [0.1, 0.15) is 43.5 Å². The molecule has 1 aromatic carbocycles. The van der Waals surface area contributed by atoms with Gasteiger partial charge in [0.2, 0.25) is 5.91 Å². The van der Waals surface area contributed by atoms with Gasteiger partial charge in [-0.3, -0.25) is 9.59 Å². The van der Waals surface area contributed by atoms with E-state index in [0.717, 1.165) is 25.8 Å². The lowest BCUT2D eigenvalue weighted by Gasteiger charge is -2.37. The molecule has 2 aliphatic heterocycles. The van der Waals surface area contributed by atoms with Crippen LogP contribution in [0.3, 0.4) is 0 Å². The molecule has 0 spiro atoms. The topological polar surface area (TPSA) is 66.6 Å². The molecule has 2 N–H and O–H groups in total. The Labute approximate surface area is 143 Å². The Bertz CT molecular complexity index is 633. The molecule has 2 amide bonds. The van der Waals surface area contributed by atoms with E-state index in [0.29, 0.717) is 25.2 Å². The quantitative estimate of drug-likeness (QED) is 0.921. The highest BCUT2D eigenvalue weighted by Crippen LogP contribution is 2.36. The van der Waals surface area contributed by atoms with Crippen molar-refractivity contribution in [3.05, 3.63) is 35.9 Å². The Kier molecular flexibility index (Phi) is 4.38. The molecular formula is C19H27N3O2. The summed E-state index contributed by atoms with van der Waals surface area (Å²) in [5, 5.41) is 0. The summed E-state index contributed by atoms with van der Waals surface area (Å²) >= 11 is 0. The fraction of sp³-hybridized carbons (Fsp3) is 0.579. The van der Waals surface area contributed by atoms with E-state index < -0.39 is 5.54 Å². The lowest BCUT2D eigenvalue weighted by atomic mass is 9.90. The first kappa shape index (κ1) is 17.0. The largest absolute Gasteiger partial charge is 0.340 e. The summed E-state index contributed by atoms with van der Waals surface area (Å²) in [6.45, 7) is 6.68. The number of nitrogens with two attached hydrogens (primary N) is 1. The first-order valence-electron chi connectivity index (χ1n) is 8.76. The third kappa shape index (κ3) is 2.81. The maximum Gasteiger partial charge on any atom is 0.254 e. The van der Waals surface area contributed by atoms with E-state index >= 15 is 0 Å². The van der Waals surface area contributed by atoms with Crippen molar-refractivity contribution in [3.63, 3.8) is 0 Å². The molecule has 1 aromatic rings. The molecule has 0 saturated carbocycles. The molecule has 5 nitrogen and oxygen atoms in total. The van der Waals surface area contributed by atoms with Gasteiger partial charge in [-0.15, -0.1) is 0 Å². The van der Waals surface area contributed by atoms with Crippen LogP contribution in [0.15, 0.2) is 30.3 Å². The fourth-order valence-electron chi connectivity index (χ4n) is 3.95. The third-order valence-electron chi connectivity index (χ3n) is 5.71. The van der Waals surface area contributed by atoms with E-state index in [4.69, 9.17) is 5.73 Å². The molecule has 130 valence electrons. The Hall–Kier alpha value is -1.88. The summed E-state index contributed by atoms with van der Waals surface area (Å²) in [7, 11) is 0. The molecule has 24 heavy (non-hydrogen) atoms. The highest BCUT2D eigenvalue weighted by molar-refractivity contribution is 5.99. The van der Waals surface area contributed by atoms with E-state index in [2.05, 4.69) is 6.92 Å². The van der Waals surface area contributed by atoms with E-state index in [-0.39, 0.29) is 17.2 Å². The second-order valence-electron chi connectivity index (χ2n) is 7.69. The number of carbonyl (C=O) groups excluding carboxylic acids is 2. The Morgan fingerprint density at radius 1 is 1.12 bits per heavy atom. The van der Waals surface area contributed by atoms with Crippen LogP contribution >= 0.6 is 0 Å². The highest BCUT2D eigenvalue weighted by atomic mass is 16.2. The smallest absolute Gasteiger partial charge is 0.254 e. The number of likely N-dealkylation sites (tertiary alicyclic amines) is 2. The summed E-state index contributed by atoms with van der Waals surface area (Å²) in [4.78, 5) is 29.8. The van der Waals surface area contributed by atoms with Gasteiger partial charge >= 0.3 is 0 Å². The average molecular weight is 329 g/mol. The molecule has 2 heterocycles. The van der Waals surface area contributed by atoms with Crippen LogP contribution < -0.4 is 5.73 Å². The minimum atomic E-state index is -0.743. The monoisotopic (exact) mass is 329 g/mol. The van der Waals surface area contributed by atoms with Gasteiger partial charge in [0, 0.05) is 25.2 Å². The van der Waals surface area contributed by atoms with Gasteiger partial charge in [-0.2, -0.15) is 0 Å². The van der Waals surface area contributed by atoms with Crippen LogP contribution in [0.2, 0.25) is 0 Å². The lowest BCUT2D eigenvalue weighted by molar-refractivity contribution is -0.140. The molecule has 0 aromatic heterocycles. The summed E-state index contributed by atoms with van der Waals surface area (Å²) < 4.78 is 0. The van der Waals surface area contributed by atoms with Crippen molar-refractivity contribution in [1.82, 2.24) is 9.80 Å². The Morgan fingerprint density at radius 3 is 2.46 bits per heavy atom. The first-order chi connectivity index (χ1) is 11.4. The SMILES string of the molecule is CC1(CN)CCN(C(=O)C2(C)CCCN2C(=O)c2ccccc2)C1. The maximum absolute atomic E-state index is 13.2. The third-order valence-corrected chi connectivity index (χ3v) is 5.71. The highest BCUT2D eigenvalue weighted by Gasteiger charge is 2.49. The molecule has 0 bridgehead atoms. The van der Waals surface area contributed by atoms with E-state index in [1.807, 2.05) is 42.2 Å². The number of nitrogens with zero attached hydrogens (tertiary/aromatic N) is 2. The zero-order valence-electron chi connectivity index (χ0n) is 14.6. The number of hydrogen-bond acceptors (Lipinski definition) is 3. The minimum Gasteiger partial charge on any atom is -0.340 e. The standard InChI is InChI=1S/C19H27N3O2/c1-18(13-20)10-12-21(14-18)17(24)19(2)9-6-11-22(19)16(23)15-7-4-3-5-8-15/h3-5,7-8H,6,9-14,20H2,1-2H3. The number of hydrogen-bond donors (Lipinski definition) is 1. The molecule has 2 atom stereocenters.